The smallest absolute Gasteiger partial charge is 0.277 e. The number of pyridine rings is 1. The van der Waals surface area contributed by atoms with Crippen LogP contribution in [0.5, 0.6) is 0 Å². The molecule has 1 amide bonds. The molecule has 1 aliphatic heterocycles. The van der Waals surface area contributed by atoms with E-state index in [0.717, 1.165) is 16.9 Å². The summed E-state index contributed by atoms with van der Waals surface area (Å²) >= 11 is 6.20. The third-order valence-electron chi connectivity index (χ3n) is 6.06. The van der Waals surface area contributed by atoms with Crippen molar-refractivity contribution in [3.05, 3.63) is 105 Å². The van der Waals surface area contributed by atoms with Gasteiger partial charge in [-0.25, -0.2) is 4.68 Å². The van der Waals surface area contributed by atoms with Crippen LogP contribution in [-0.4, -0.2) is 31.9 Å². The third-order valence-corrected chi connectivity index (χ3v) is 6.30. The van der Waals surface area contributed by atoms with Gasteiger partial charge in [-0.1, -0.05) is 30.7 Å². The van der Waals surface area contributed by atoms with Gasteiger partial charge in [0.15, 0.2) is 0 Å². The summed E-state index contributed by atoms with van der Waals surface area (Å²) in [6.07, 6.45) is 2.02. The van der Waals surface area contributed by atoms with Crippen LogP contribution in [0.3, 0.4) is 0 Å². The number of nitrogens with zero attached hydrogens (tertiary/aromatic N) is 4. The summed E-state index contributed by atoms with van der Waals surface area (Å²) in [7, 11) is 0. The van der Waals surface area contributed by atoms with Crippen LogP contribution in [0.2, 0.25) is 5.02 Å². The molecule has 0 aliphatic carbocycles. The Morgan fingerprint density at radius 2 is 1.76 bits per heavy atom. The molecule has 1 N–H and O–H groups in total. The van der Waals surface area contributed by atoms with Crippen molar-refractivity contribution in [3.63, 3.8) is 0 Å². The van der Waals surface area contributed by atoms with E-state index in [1.54, 1.807) is 50.7 Å². The average molecular weight is 475 g/mol. The van der Waals surface area contributed by atoms with Crippen molar-refractivity contribution in [1.82, 2.24) is 14.3 Å². The van der Waals surface area contributed by atoms with E-state index in [9.17, 15) is 14.7 Å². The molecule has 0 fully saturated rings. The topological polar surface area (TPSA) is 80.4 Å². The number of aliphatic hydroxyl groups is 1. The number of rotatable bonds is 5. The summed E-state index contributed by atoms with van der Waals surface area (Å²) in [5.41, 5.74) is 3.71. The average Bonchev–Trinajstić information content (AvgIpc) is 3.25. The Morgan fingerprint density at radius 3 is 2.47 bits per heavy atom. The van der Waals surface area contributed by atoms with E-state index in [-0.39, 0.29) is 11.5 Å². The van der Waals surface area contributed by atoms with Gasteiger partial charge in [0, 0.05) is 40.8 Å². The van der Waals surface area contributed by atoms with Crippen molar-refractivity contribution >= 4 is 23.2 Å². The van der Waals surface area contributed by atoms with Crippen LogP contribution < -0.4 is 10.5 Å². The number of carbonyl (C=O) groups excluding carboxylic acids is 1. The first-order valence-electron chi connectivity index (χ1n) is 11.1. The lowest BCUT2D eigenvalue weighted by Crippen LogP contribution is -2.39. The number of hydrogen-bond donors (Lipinski definition) is 1. The fourth-order valence-electron chi connectivity index (χ4n) is 4.32. The molecule has 34 heavy (non-hydrogen) atoms. The van der Waals surface area contributed by atoms with Crippen LogP contribution in [0.25, 0.3) is 11.4 Å². The Labute approximate surface area is 201 Å². The van der Waals surface area contributed by atoms with Crippen LogP contribution in [0.1, 0.15) is 41.2 Å². The number of carbonyl (C=O) groups is 1. The largest absolute Gasteiger partial charge is 0.387 e. The first kappa shape index (κ1) is 22.1. The number of hydrogen-bond acceptors (Lipinski definition) is 4. The summed E-state index contributed by atoms with van der Waals surface area (Å²) in [4.78, 5) is 27.6. The number of benzene rings is 2. The molecule has 1 atom stereocenters. The molecule has 172 valence electrons. The SMILES string of the molecule is CCC(O)c1nn(-c2cccc(Cl)c2)c2c1CCN(c1ccc(-n3ccccc3=O)cc1)C2=O. The van der Waals surface area contributed by atoms with Gasteiger partial charge < -0.3 is 10.0 Å². The summed E-state index contributed by atoms with van der Waals surface area (Å²) in [5.74, 6) is -0.201. The fourth-order valence-corrected chi connectivity index (χ4v) is 4.51. The summed E-state index contributed by atoms with van der Waals surface area (Å²) in [6.45, 7) is 2.34. The Hall–Kier alpha value is -3.68. The minimum absolute atomic E-state index is 0.124. The number of anilines is 1. The Kier molecular flexibility index (Phi) is 5.81. The standard InChI is InChI=1S/C26H23ClN4O3/c1-2-22(32)24-21-13-15-30(19-11-9-18(10-12-19)29-14-4-3-8-23(29)33)26(34)25(21)31(28-24)20-7-5-6-17(27)16-20/h3-12,14,16,22,32H,2,13,15H2,1H3. The van der Waals surface area contributed by atoms with Gasteiger partial charge in [-0.05, 0) is 61.4 Å². The Morgan fingerprint density at radius 1 is 1.00 bits per heavy atom. The zero-order chi connectivity index (χ0) is 23.8. The highest BCUT2D eigenvalue weighted by atomic mass is 35.5. The van der Waals surface area contributed by atoms with Crippen molar-refractivity contribution in [2.45, 2.75) is 25.9 Å². The fraction of sp³-hybridized carbons (Fsp3) is 0.192. The molecule has 0 radical (unpaired) electrons. The summed E-state index contributed by atoms with van der Waals surface area (Å²) in [5, 5.41) is 15.7. The molecule has 3 heterocycles. The van der Waals surface area contributed by atoms with Crippen LogP contribution >= 0.6 is 11.6 Å². The van der Waals surface area contributed by atoms with E-state index in [1.807, 2.05) is 37.3 Å². The second-order valence-corrected chi connectivity index (χ2v) is 8.60. The molecule has 2 aromatic carbocycles. The molecule has 0 saturated carbocycles. The van der Waals surface area contributed by atoms with Crippen LogP contribution in [0, 0.1) is 0 Å². The highest BCUT2D eigenvalue weighted by molar-refractivity contribution is 6.30. The highest BCUT2D eigenvalue weighted by Gasteiger charge is 2.34. The van der Waals surface area contributed by atoms with E-state index >= 15 is 0 Å². The molecule has 4 aromatic rings. The number of aliphatic hydroxyl groups excluding tert-OH is 1. The zero-order valence-electron chi connectivity index (χ0n) is 18.6. The van der Waals surface area contributed by atoms with Crippen molar-refractivity contribution in [3.8, 4) is 11.4 Å². The first-order chi connectivity index (χ1) is 16.5. The normalized spacial score (nSPS) is 14.2. The van der Waals surface area contributed by atoms with Crippen molar-refractivity contribution in [1.29, 1.82) is 0 Å². The number of fused-ring (bicyclic) bond motifs is 1. The molecule has 2 aromatic heterocycles. The van der Waals surface area contributed by atoms with E-state index in [0.29, 0.717) is 41.5 Å². The molecule has 0 spiro atoms. The van der Waals surface area contributed by atoms with E-state index < -0.39 is 6.10 Å². The van der Waals surface area contributed by atoms with E-state index in [1.165, 1.54) is 6.07 Å². The van der Waals surface area contributed by atoms with E-state index in [2.05, 4.69) is 5.10 Å². The Bertz CT molecular complexity index is 1420. The maximum Gasteiger partial charge on any atom is 0.277 e. The monoisotopic (exact) mass is 474 g/mol. The van der Waals surface area contributed by atoms with Crippen LogP contribution in [0.4, 0.5) is 5.69 Å². The van der Waals surface area contributed by atoms with Crippen molar-refractivity contribution in [2.24, 2.45) is 0 Å². The maximum atomic E-state index is 13.7. The summed E-state index contributed by atoms with van der Waals surface area (Å²) < 4.78 is 3.13. The molecule has 7 nitrogen and oxygen atoms in total. The summed E-state index contributed by atoms with van der Waals surface area (Å²) in [6, 6.07) is 19.4. The van der Waals surface area contributed by atoms with Crippen molar-refractivity contribution < 1.29 is 9.90 Å². The second kappa shape index (κ2) is 8.93. The molecule has 8 heteroatoms. The van der Waals surface area contributed by atoms with Gasteiger partial charge in [-0.3, -0.25) is 14.2 Å². The van der Waals surface area contributed by atoms with Gasteiger partial charge in [-0.15, -0.1) is 0 Å². The lowest BCUT2D eigenvalue weighted by Gasteiger charge is -2.28. The Balaban J connectivity index is 1.55. The minimum atomic E-state index is -0.753. The van der Waals surface area contributed by atoms with Gasteiger partial charge in [0.05, 0.1) is 17.5 Å². The molecule has 5 rings (SSSR count). The number of halogens is 1. The van der Waals surface area contributed by atoms with Crippen LogP contribution in [0.15, 0.2) is 77.7 Å². The van der Waals surface area contributed by atoms with Gasteiger partial charge in [0.1, 0.15) is 5.69 Å². The number of amides is 1. The quantitative estimate of drug-likeness (QED) is 0.467. The second-order valence-electron chi connectivity index (χ2n) is 8.16. The lowest BCUT2D eigenvalue weighted by atomic mass is 9.99. The van der Waals surface area contributed by atoms with Gasteiger partial charge in [0.25, 0.3) is 11.5 Å². The van der Waals surface area contributed by atoms with E-state index in [4.69, 9.17) is 11.6 Å². The van der Waals surface area contributed by atoms with Crippen LogP contribution in [-0.2, 0) is 6.42 Å². The van der Waals surface area contributed by atoms with Gasteiger partial charge >= 0.3 is 0 Å². The molecular formula is C26H23ClN4O3. The molecule has 0 bridgehead atoms. The first-order valence-corrected chi connectivity index (χ1v) is 11.5. The third kappa shape index (κ3) is 3.83. The van der Waals surface area contributed by atoms with Gasteiger partial charge in [0.2, 0.25) is 0 Å². The maximum absolute atomic E-state index is 13.7. The zero-order valence-corrected chi connectivity index (χ0v) is 19.3. The minimum Gasteiger partial charge on any atom is -0.387 e. The lowest BCUT2D eigenvalue weighted by molar-refractivity contribution is 0.0973. The molecule has 1 unspecified atom stereocenters. The molecular weight excluding hydrogens is 452 g/mol. The molecule has 0 saturated heterocycles. The van der Waals surface area contributed by atoms with Gasteiger partial charge in [-0.2, -0.15) is 5.10 Å². The predicted octanol–water partition coefficient (Wildman–Crippen LogP) is 4.32. The highest BCUT2D eigenvalue weighted by Crippen LogP contribution is 2.32. The van der Waals surface area contributed by atoms with Crippen molar-refractivity contribution in [2.75, 3.05) is 11.4 Å². The number of aromatic nitrogens is 3. The predicted molar refractivity (Wildman–Crippen MR) is 131 cm³/mol. The molecule has 1 aliphatic rings.